The fourth-order valence-corrected chi connectivity index (χ4v) is 2.16. The number of hydrogen-bond acceptors (Lipinski definition) is 2. The van der Waals surface area contributed by atoms with Crippen LogP contribution in [0.4, 0.5) is 22.0 Å². The number of rotatable bonds is 2. The quantitative estimate of drug-likeness (QED) is 0.449. The van der Waals surface area contributed by atoms with Crippen LogP contribution in [-0.4, -0.2) is 4.98 Å². The summed E-state index contributed by atoms with van der Waals surface area (Å²) < 4.78 is 70.3. The predicted molar refractivity (Wildman–Crippen MR) is 71.1 cm³/mol. The molecule has 9 heteroatoms. The van der Waals surface area contributed by atoms with Gasteiger partial charge in [-0.1, -0.05) is 15.9 Å². The van der Waals surface area contributed by atoms with E-state index in [9.17, 15) is 22.0 Å². The molecule has 1 heterocycles. The van der Waals surface area contributed by atoms with Crippen molar-refractivity contribution in [2.75, 3.05) is 0 Å². The second kappa shape index (κ2) is 5.88. The van der Waals surface area contributed by atoms with Crippen LogP contribution in [0.5, 0.6) is 11.6 Å². The van der Waals surface area contributed by atoms with Crippen LogP contribution in [0, 0.1) is 11.6 Å². The highest BCUT2D eigenvalue weighted by molar-refractivity contribution is 9.10. The summed E-state index contributed by atoms with van der Waals surface area (Å²) in [5, 5.41) is 0. The minimum atomic E-state index is -4.76. The molecule has 0 fully saturated rings. The van der Waals surface area contributed by atoms with Gasteiger partial charge in [0.2, 0.25) is 11.7 Å². The number of hydrogen-bond donors (Lipinski definition) is 0. The van der Waals surface area contributed by atoms with Crippen LogP contribution < -0.4 is 4.74 Å². The second-order valence-electron chi connectivity index (χ2n) is 3.81. The molecule has 2 rings (SSSR count). The van der Waals surface area contributed by atoms with E-state index in [-0.39, 0.29) is 8.95 Å². The van der Waals surface area contributed by atoms with Gasteiger partial charge < -0.3 is 4.74 Å². The van der Waals surface area contributed by atoms with Crippen LogP contribution in [-0.2, 0) is 6.18 Å². The molecule has 2 nitrogen and oxygen atoms in total. The first-order valence-electron chi connectivity index (χ1n) is 5.23. The molecule has 0 bridgehead atoms. The molecule has 0 atom stereocenters. The molecule has 0 amide bonds. The van der Waals surface area contributed by atoms with E-state index in [0.29, 0.717) is 0 Å². The largest absolute Gasteiger partial charge is 0.435 e. The Morgan fingerprint density at radius 1 is 1.00 bits per heavy atom. The smallest absolute Gasteiger partial charge is 0.421 e. The van der Waals surface area contributed by atoms with E-state index in [1.165, 1.54) is 0 Å². The van der Waals surface area contributed by atoms with Gasteiger partial charge in [-0.25, -0.2) is 9.37 Å². The van der Waals surface area contributed by atoms with Crippen molar-refractivity contribution >= 4 is 31.9 Å². The second-order valence-corrected chi connectivity index (χ2v) is 5.64. The van der Waals surface area contributed by atoms with Crippen LogP contribution in [0.25, 0.3) is 0 Å². The van der Waals surface area contributed by atoms with Gasteiger partial charge in [-0.2, -0.15) is 17.6 Å². The Hall–Kier alpha value is -1.22. The molecule has 0 spiro atoms. The van der Waals surface area contributed by atoms with E-state index in [4.69, 9.17) is 4.74 Å². The number of ether oxygens (including phenoxy) is 1. The van der Waals surface area contributed by atoms with Gasteiger partial charge in [0.25, 0.3) is 0 Å². The zero-order valence-electron chi connectivity index (χ0n) is 9.81. The SMILES string of the molecule is Fc1cc(Br)cc(Oc2ncc(Br)cc2C(F)(F)F)c1F. The van der Waals surface area contributed by atoms with Crippen LogP contribution in [0.2, 0.25) is 0 Å². The van der Waals surface area contributed by atoms with E-state index in [2.05, 4.69) is 36.8 Å². The lowest BCUT2D eigenvalue weighted by molar-refractivity contribution is -0.138. The summed E-state index contributed by atoms with van der Waals surface area (Å²) in [6.07, 6.45) is -3.70. The number of halogens is 7. The Kier molecular flexibility index (Phi) is 4.52. The third-order valence-corrected chi connectivity index (χ3v) is 3.18. The molecule has 1 aromatic heterocycles. The third-order valence-electron chi connectivity index (χ3n) is 2.29. The fraction of sp³-hybridized carbons (Fsp3) is 0.0833. The molecule has 0 unspecified atom stereocenters. The Morgan fingerprint density at radius 2 is 1.67 bits per heavy atom. The Bertz CT molecular complexity index is 690. The molecule has 2 aromatic rings. The molecule has 0 aliphatic carbocycles. The molecule has 0 radical (unpaired) electrons. The predicted octanol–water partition coefficient (Wildman–Crippen LogP) is 5.70. The van der Waals surface area contributed by atoms with Gasteiger partial charge in [0, 0.05) is 15.1 Å². The summed E-state index contributed by atoms with van der Waals surface area (Å²) in [4.78, 5) is 3.45. The van der Waals surface area contributed by atoms with Crippen molar-refractivity contribution in [1.29, 1.82) is 0 Å². The highest BCUT2D eigenvalue weighted by Gasteiger charge is 2.36. The van der Waals surface area contributed by atoms with Crippen molar-refractivity contribution in [3.63, 3.8) is 0 Å². The lowest BCUT2D eigenvalue weighted by atomic mass is 10.2. The molecule has 112 valence electrons. The number of pyridine rings is 1. The van der Waals surface area contributed by atoms with Gasteiger partial charge in [-0.05, 0) is 34.1 Å². The van der Waals surface area contributed by atoms with Crippen molar-refractivity contribution in [2.45, 2.75) is 6.18 Å². The van der Waals surface area contributed by atoms with E-state index < -0.39 is 35.0 Å². The van der Waals surface area contributed by atoms with Crippen molar-refractivity contribution in [1.82, 2.24) is 4.98 Å². The van der Waals surface area contributed by atoms with Gasteiger partial charge >= 0.3 is 6.18 Å². The summed E-state index contributed by atoms with van der Waals surface area (Å²) in [5.74, 6) is -4.25. The Balaban J connectivity index is 2.50. The van der Waals surface area contributed by atoms with Gasteiger partial charge in [-0.3, -0.25) is 0 Å². The maximum Gasteiger partial charge on any atom is 0.421 e. The first kappa shape index (κ1) is 16.2. The Morgan fingerprint density at radius 3 is 2.29 bits per heavy atom. The van der Waals surface area contributed by atoms with Crippen molar-refractivity contribution in [3.8, 4) is 11.6 Å². The average Bonchev–Trinajstić information content (AvgIpc) is 2.36. The summed E-state index contributed by atoms with van der Waals surface area (Å²) in [6, 6.07) is 2.55. The number of benzene rings is 1. The van der Waals surface area contributed by atoms with Gasteiger partial charge in [0.15, 0.2) is 11.6 Å². The molecular formula is C12H4Br2F5NO. The van der Waals surface area contributed by atoms with E-state index >= 15 is 0 Å². The minimum absolute atomic E-state index is 0.0723. The normalized spacial score (nSPS) is 11.6. The lowest BCUT2D eigenvalue weighted by Gasteiger charge is -2.13. The molecule has 0 N–H and O–H groups in total. The topological polar surface area (TPSA) is 22.1 Å². The minimum Gasteiger partial charge on any atom is -0.435 e. The van der Waals surface area contributed by atoms with Crippen LogP contribution in [0.1, 0.15) is 5.56 Å². The maximum atomic E-state index is 13.5. The summed E-state index contributed by atoms with van der Waals surface area (Å²) in [5.41, 5.74) is -1.21. The standard InChI is InChI=1S/C12H4Br2F5NO/c13-5-2-8(15)10(16)9(3-5)21-11-7(12(17,18)19)1-6(14)4-20-11/h1-4H. The van der Waals surface area contributed by atoms with E-state index in [1.807, 2.05) is 0 Å². The Labute approximate surface area is 132 Å². The molecule has 1 aromatic carbocycles. The van der Waals surface area contributed by atoms with Crippen LogP contribution in [0.3, 0.4) is 0 Å². The molecule has 0 aliphatic heterocycles. The highest BCUT2D eigenvalue weighted by Crippen LogP contribution is 2.39. The van der Waals surface area contributed by atoms with Gasteiger partial charge in [0.05, 0.1) is 0 Å². The van der Waals surface area contributed by atoms with Gasteiger partial charge in [-0.15, -0.1) is 0 Å². The highest BCUT2D eigenvalue weighted by atomic mass is 79.9. The lowest BCUT2D eigenvalue weighted by Crippen LogP contribution is -2.09. The zero-order valence-corrected chi connectivity index (χ0v) is 13.0. The number of nitrogens with zero attached hydrogens (tertiary/aromatic N) is 1. The fourth-order valence-electron chi connectivity index (χ4n) is 1.42. The van der Waals surface area contributed by atoms with Gasteiger partial charge in [0.1, 0.15) is 5.56 Å². The first-order valence-corrected chi connectivity index (χ1v) is 6.82. The summed E-state index contributed by atoms with van der Waals surface area (Å²) >= 11 is 5.75. The first-order chi connectivity index (χ1) is 9.68. The number of alkyl halides is 3. The average molecular weight is 433 g/mol. The third kappa shape index (κ3) is 3.70. The summed E-state index contributed by atoms with van der Waals surface area (Å²) in [7, 11) is 0. The monoisotopic (exact) mass is 431 g/mol. The molecule has 0 saturated heterocycles. The van der Waals surface area contributed by atoms with Crippen molar-refractivity contribution < 1.29 is 26.7 Å². The van der Waals surface area contributed by atoms with E-state index in [1.54, 1.807) is 0 Å². The van der Waals surface area contributed by atoms with Crippen LogP contribution in [0.15, 0.2) is 33.3 Å². The van der Waals surface area contributed by atoms with Crippen LogP contribution >= 0.6 is 31.9 Å². The molecule has 21 heavy (non-hydrogen) atoms. The maximum absolute atomic E-state index is 13.5. The molecule has 0 aliphatic rings. The number of aromatic nitrogens is 1. The zero-order chi connectivity index (χ0) is 15.8. The summed E-state index contributed by atoms with van der Waals surface area (Å²) in [6.45, 7) is 0. The van der Waals surface area contributed by atoms with Crippen molar-refractivity contribution in [2.24, 2.45) is 0 Å². The molecular weight excluding hydrogens is 429 g/mol. The van der Waals surface area contributed by atoms with Crippen molar-refractivity contribution in [3.05, 3.63) is 50.5 Å². The molecule has 0 saturated carbocycles. The van der Waals surface area contributed by atoms with E-state index in [0.717, 1.165) is 24.4 Å².